The molecule has 0 unspecified atom stereocenters. The van der Waals surface area contributed by atoms with E-state index in [9.17, 15) is 9.18 Å². The van der Waals surface area contributed by atoms with Crippen molar-refractivity contribution in [3.63, 3.8) is 0 Å². The number of hydrogen-bond acceptors (Lipinski definition) is 3. The van der Waals surface area contributed by atoms with E-state index in [-0.39, 0.29) is 18.3 Å². The fourth-order valence-electron chi connectivity index (χ4n) is 1.88. The van der Waals surface area contributed by atoms with Crippen LogP contribution >= 0.6 is 11.3 Å². The molecule has 1 amide bonds. The van der Waals surface area contributed by atoms with Crippen molar-refractivity contribution in [1.29, 1.82) is 0 Å². The molecule has 1 heterocycles. The Morgan fingerprint density at radius 1 is 1.35 bits per heavy atom. The van der Waals surface area contributed by atoms with E-state index in [1.165, 1.54) is 17.4 Å². The third kappa shape index (κ3) is 3.88. The number of amides is 1. The minimum Gasteiger partial charge on any atom is -0.355 e. The molecular formula is C15H17FN2OS. The zero-order valence-corrected chi connectivity index (χ0v) is 12.1. The molecule has 0 saturated heterocycles. The Labute approximate surface area is 121 Å². The molecule has 2 aromatic rings. The highest BCUT2D eigenvalue weighted by molar-refractivity contribution is 7.13. The summed E-state index contributed by atoms with van der Waals surface area (Å²) >= 11 is 1.51. The largest absolute Gasteiger partial charge is 0.355 e. The molecule has 3 nitrogen and oxygen atoms in total. The van der Waals surface area contributed by atoms with Crippen molar-refractivity contribution in [2.75, 3.05) is 13.1 Å². The standard InChI is InChI=1S/C15H17FN2OS/c1-2-18-15(19)10-17-9-11-5-6-13(16)12(8-11)14-4-3-7-20-14/h3-8,17H,2,9-10H2,1H3,(H,18,19). The van der Waals surface area contributed by atoms with Gasteiger partial charge in [-0.05, 0) is 36.1 Å². The van der Waals surface area contributed by atoms with E-state index >= 15 is 0 Å². The van der Waals surface area contributed by atoms with Gasteiger partial charge in [0.2, 0.25) is 5.91 Å². The number of halogens is 1. The normalized spacial score (nSPS) is 10.5. The number of thiophene rings is 1. The lowest BCUT2D eigenvalue weighted by Crippen LogP contribution is -2.33. The minimum atomic E-state index is -0.222. The van der Waals surface area contributed by atoms with Crippen LogP contribution in [0, 0.1) is 5.82 Å². The zero-order valence-electron chi connectivity index (χ0n) is 11.3. The van der Waals surface area contributed by atoms with Crippen molar-refractivity contribution in [3.8, 4) is 10.4 Å². The van der Waals surface area contributed by atoms with Crippen LogP contribution in [0.4, 0.5) is 4.39 Å². The van der Waals surface area contributed by atoms with E-state index in [4.69, 9.17) is 0 Å². The number of benzene rings is 1. The van der Waals surface area contributed by atoms with Gasteiger partial charge in [-0.25, -0.2) is 4.39 Å². The molecule has 5 heteroatoms. The summed E-state index contributed by atoms with van der Waals surface area (Å²) in [4.78, 5) is 12.2. The second kappa shape index (κ2) is 7.17. The molecule has 0 aliphatic carbocycles. The van der Waals surface area contributed by atoms with Crippen LogP contribution in [0.3, 0.4) is 0 Å². The van der Waals surface area contributed by atoms with Crippen LogP contribution in [0.2, 0.25) is 0 Å². The molecule has 0 radical (unpaired) electrons. The van der Waals surface area contributed by atoms with Gasteiger partial charge in [0.05, 0.1) is 6.54 Å². The number of hydrogen-bond donors (Lipinski definition) is 2. The van der Waals surface area contributed by atoms with Crippen LogP contribution in [0.25, 0.3) is 10.4 Å². The van der Waals surface area contributed by atoms with Gasteiger partial charge in [0.25, 0.3) is 0 Å². The highest BCUT2D eigenvalue weighted by atomic mass is 32.1. The summed E-state index contributed by atoms with van der Waals surface area (Å²) in [5, 5.41) is 7.69. The summed E-state index contributed by atoms with van der Waals surface area (Å²) in [6.45, 7) is 3.31. The van der Waals surface area contributed by atoms with Crippen LogP contribution in [0.5, 0.6) is 0 Å². The first-order valence-corrected chi connectivity index (χ1v) is 7.38. The Bertz CT molecular complexity index is 569. The molecule has 0 bridgehead atoms. The van der Waals surface area contributed by atoms with Crippen LogP contribution in [-0.4, -0.2) is 19.0 Å². The molecule has 0 saturated carbocycles. The molecule has 1 aromatic carbocycles. The Hall–Kier alpha value is -1.72. The number of nitrogens with one attached hydrogen (secondary N) is 2. The third-order valence-electron chi connectivity index (χ3n) is 2.81. The van der Waals surface area contributed by atoms with E-state index < -0.39 is 0 Å². The molecule has 106 valence electrons. The number of carbonyl (C=O) groups excluding carboxylic acids is 1. The van der Waals surface area contributed by atoms with Gasteiger partial charge in [-0.1, -0.05) is 12.1 Å². The molecule has 2 N–H and O–H groups in total. The van der Waals surface area contributed by atoms with E-state index in [2.05, 4.69) is 10.6 Å². The van der Waals surface area contributed by atoms with Gasteiger partial charge < -0.3 is 10.6 Å². The fraction of sp³-hybridized carbons (Fsp3) is 0.267. The van der Waals surface area contributed by atoms with E-state index in [1.807, 2.05) is 30.5 Å². The molecule has 0 aliphatic rings. The van der Waals surface area contributed by atoms with Crippen LogP contribution < -0.4 is 10.6 Å². The van der Waals surface area contributed by atoms with Crippen LogP contribution in [0.15, 0.2) is 35.7 Å². The van der Waals surface area contributed by atoms with Crippen LogP contribution in [0.1, 0.15) is 12.5 Å². The van der Waals surface area contributed by atoms with Crippen molar-refractivity contribution < 1.29 is 9.18 Å². The van der Waals surface area contributed by atoms with E-state index in [1.54, 1.807) is 6.07 Å². The summed E-state index contributed by atoms with van der Waals surface area (Å²) in [7, 11) is 0. The average Bonchev–Trinajstić information content (AvgIpc) is 2.95. The minimum absolute atomic E-state index is 0.0342. The molecule has 1 aromatic heterocycles. The third-order valence-corrected chi connectivity index (χ3v) is 3.71. The smallest absolute Gasteiger partial charge is 0.233 e. The lowest BCUT2D eigenvalue weighted by Gasteiger charge is -2.07. The van der Waals surface area contributed by atoms with Crippen LogP contribution in [-0.2, 0) is 11.3 Å². The molecule has 0 spiro atoms. The first-order chi connectivity index (χ1) is 9.70. The Balaban J connectivity index is 2.00. The number of rotatable bonds is 6. The van der Waals surface area contributed by atoms with Gasteiger partial charge in [-0.3, -0.25) is 4.79 Å². The lowest BCUT2D eigenvalue weighted by molar-refractivity contribution is -0.120. The lowest BCUT2D eigenvalue weighted by atomic mass is 10.1. The van der Waals surface area contributed by atoms with Gasteiger partial charge in [-0.2, -0.15) is 0 Å². The maximum atomic E-state index is 13.8. The highest BCUT2D eigenvalue weighted by Crippen LogP contribution is 2.28. The summed E-state index contributed by atoms with van der Waals surface area (Å²) in [6.07, 6.45) is 0. The molecule has 20 heavy (non-hydrogen) atoms. The molecule has 0 aliphatic heterocycles. The molecular weight excluding hydrogens is 275 g/mol. The van der Waals surface area contributed by atoms with Gasteiger partial charge >= 0.3 is 0 Å². The Morgan fingerprint density at radius 3 is 2.90 bits per heavy atom. The van der Waals surface area contributed by atoms with Gasteiger partial charge in [-0.15, -0.1) is 11.3 Å². The topological polar surface area (TPSA) is 41.1 Å². The van der Waals surface area contributed by atoms with Crippen molar-refractivity contribution in [2.45, 2.75) is 13.5 Å². The van der Waals surface area contributed by atoms with Crippen molar-refractivity contribution in [3.05, 3.63) is 47.1 Å². The second-order valence-corrected chi connectivity index (χ2v) is 5.30. The zero-order chi connectivity index (χ0) is 14.4. The SMILES string of the molecule is CCNC(=O)CNCc1ccc(F)c(-c2cccs2)c1. The van der Waals surface area contributed by atoms with E-state index in [0.717, 1.165) is 10.4 Å². The maximum absolute atomic E-state index is 13.8. The van der Waals surface area contributed by atoms with Gasteiger partial charge in [0.15, 0.2) is 0 Å². The maximum Gasteiger partial charge on any atom is 0.233 e. The second-order valence-electron chi connectivity index (χ2n) is 4.35. The number of carbonyl (C=O) groups is 1. The summed E-state index contributed by atoms with van der Waals surface area (Å²) in [6, 6.07) is 8.83. The quantitative estimate of drug-likeness (QED) is 0.859. The highest BCUT2D eigenvalue weighted by Gasteiger charge is 2.07. The van der Waals surface area contributed by atoms with E-state index in [0.29, 0.717) is 18.7 Å². The summed E-state index contributed by atoms with van der Waals surface area (Å²) in [5.74, 6) is -0.256. The summed E-state index contributed by atoms with van der Waals surface area (Å²) < 4.78 is 13.8. The monoisotopic (exact) mass is 292 g/mol. The number of likely N-dealkylation sites (N-methyl/N-ethyl adjacent to an activating group) is 1. The first-order valence-electron chi connectivity index (χ1n) is 6.50. The Kier molecular flexibility index (Phi) is 5.26. The molecule has 2 rings (SSSR count). The average molecular weight is 292 g/mol. The van der Waals surface area contributed by atoms with Gasteiger partial charge in [0.1, 0.15) is 5.82 Å². The van der Waals surface area contributed by atoms with Crippen molar-refractivity contribution >= 4 is 17.2 Å². The summed E-state index contributed by atoms with van der Waals surface area (Å²) in [5.41, 5.74) is 1.57. The first kappa shape index (κ1) is 14.7. The predicted octanol–water partition coefficient (Wildman–Crippen LogP) is 2.78. The molecule has 0 atom stereocenters. The van der Waals surface area contributed by atoms with Crippen molar-refractivity contribution in [2.24, 2.45) is 0 Å². The predicted molar refractivity (Wildman–Crippen MR) is 80.1 cm³/mol. The Morgan fingerprint density at radius 2 is 2.20 bits per heavy atom. The fourth-order valence-corrected chi connectivity index (χ4v) is 2.63. The molecule has 0 fully saturated rings. The van der Waals surface area contributed by atoms with Crippen molar-refractivity contribution in [1.82, 2.24) is 10.6 Å². The van der Waals surface area contributed by atoms with Gasteiger partial charge in [0, 0.05) is 23.5 Å².